The second-order valence-electron chi connectivity index (χ2n) is 8.79. The van der Waals surface area contributed by atoms with Gasteiger partial charge in [-0.1, -0.05) is 6.92 Å². The largest absolute Gasteiger partial charge is 0.353 e. The molecule has 4 rings (SSSR count). The molecule has 1 aromatic carbocycles. The van der Waals surface area contributed by atoms with Crippen LogP contribution in [0.4, 0.5) is 4.39 Å². The smallest absolute Gasteiger partial charge is 0.224 e. The van der Waals surface area contributed by atoms with Crippen molar-refractivity contribution in [3.63, 3.8) is 0 Å². The number of nitrogens with one attached hydrogen (secondary N) is 1. The van der Waals surface area contributed by atoms with Gasteiger partial charge in [-0.25, -0.2) is 4.39 Å². The molecule has 0 unspecified atom stereocenters. The second-order valence-corrected chi connectivity index (χ2v) is 8.79. The molecule has 1 atom stereocenters. The number of halogens is 1. The molecule has 1 amide bonds. The third-order valence-corrected chi connectivity index (χ3v) is 6.12. The minimum atomic E-state index is -0.245. The Kier molecular flexibility index (Phi) is 6.69. The van der Waals surface area contributed by atoms with Gasteiger partial charge in [0, 0.05) is 44.5 Å². The molecule has 0 spiro atoms. The van der Waals surface area contributed by atoms with Gasteiger partial charge in [-0.2, -0.15) is 10.2 Å². The number of nitrogens with zero attached hydrogens (tertiary/aromatic N) is 5. The summed E-state index contributed by atoms with van der Waals surface area (Å²) >= 11 is 0. The molecule has 1 saturated heterocycles. The second kappa shape index (κ2) is 9.65. The monoisotopic (exact) mass is 438 g/mol. The molecule has 1 N–H and O–H groups in total. The van der Waals surface area contributed by atoms with Crippen LogP contribution in [0.25, 0.3) is 11.3 Å². The lowest BCUT2D eigenvalue weighted by Crippen LogP contribution is -2.46. The third kappa shape index (κ3) is 5.43. The molecule has 32 heavy (non-hydrogen) atoms. The molecule has 1 fully saturated rings. The first-order valence-electron chi connectivity index (χ1n) is 11.2. The highest BCUT2D eigenvalue weighted by Crippen LogP contribution is 2.21. The van der Waals surface area contributed by atoms with Crippen molar-refractivity contribution in [2.45, 2.75) is 45.8 Å². The highest BCUT2D eigenvalue weighted by atomic mass is 19.1. The van der Waals surface area contributed by atoms with Crippen molar-refractivity contribution >= 4 is 5.91 Å². The summed E-state index contributed by atoms with van der Waals surface area (Å²) in [6, 6.07) is 10.7. The number of likely N-dealkylation sites (tertiary alicyclic amines) is 1. The Bertz CT molecular complexity index is 1050. The van der Waals surface area contributed by atoms with Crippen LogP contribution in [0.5, 0.6) is 0 Å². The number of aryl methyl sites for hydroxylation is 2. The van der Waals surface area contributed by atoms with Crippen molar-refractivity contribution in [3.05, 3.63) is 59.8 Å². The molecule has 1 aliphatic rings. The highest BCUT2D eigenvalue weighted by Gasteiger charge is 2.24. The normalized spacial score (nSPS) is 16.2. The Morgan fingerprint density at radius 1 is 1.19 bits per heavy atom. The maximum absolute atomic E-state index is 13.2. The standard InChI is InChI=1S/C24H31FN6O/c1-17(15-31-13-8-18(2)27-31)24(32)26-21-9-11-30(12-10-21)16-22-14-23(28-29(22)3)19-4-6-20(25)7-5-19/h4-8,13-14,17,21H,9-12,15-16H2,1-3H3,(H,26,32)/t17-/m0/s1. The summed E-state index contributed by atoms with van der Waals surface area (Å²) < 4.78 is 16.9. The Hall–Kier alpha value is -3.00. The van der Waals surface area contributed by atoms with E-state index in [1.54, 1.807) is 12.1 Å². The lowest BCUT2D eigenvalue weighted by atomic mass is 10.0. The summed E-state index contributed by atoms with van der Waals surface area (Å²) in [5.74, 6) is -0.274. The molecule has 0 radical (unpaired) electrons. The van der Waals surface area contributed by atoms with E-state index in [9.17, 15) is 9.18 Å². The van der Waals surface area contributed by atoms with Gasteiger partial charge >= 0.3 is 0 Å². The van der Waals surface area contributed by atoms with Crippen molar-refractivity contribution in [1.29, 1.82) is 0 Å². The van der Waals surface area contributed by atoms with Gasteiger partial charge in [0.05, 0.1) is 29.5 Å². The van der Waals surface area contributed by atoms with Gasteiger partial charge in [0.15, 0.2) is 0 Å². The van der Waals surface area contributed by atoms with Crippen molar-refractivity contribution in [2.24, 2.45) is 13.0 Å². The zero-order chi connectivity index (χ0) is 22.7. The molecule has 0 bridgehead atoms. The number of carbonyl (C=O) groups is 1. The van der Waals surface area contributed by atoms with Gasteiger partial charge in [0.2, 0.25) is 5.91 Å². The molecule has 1 aliphatic heterocycles. The summed E-state index contributed by atoms with van der Waals surface area (Å²) in [5, 5.41) is 12.2. The number of carbonyl (C=O) groups excluding carboxylic acids is 1. The van der Waals surface area contributed by atoms with Crippen molar-refractivity contribution in [1.82, 2.24) is 29.8 Å². The predicted molar refractivity (Wildman–Crippen MR) is 121 cm³/mol. The predicted octanol–water partition coefficient (Wildman–Crippen LogP) is 3.15. The minimum Gasteiger partial charge on any atom is -0.353 e. The Morgan fingerprint density at radius 2 is 1.91 bits per heavy atom. The fourth-order valence-corrected chi connectivity index (χ4v) is 4.15. The van der Waals surface area contributed by atoms with E-state index in [1.807, 2.05) is 42.5 Å². The Balaban J connectivity index is 1.26. The van der Waals surface area contributed by atoms with Crippen LogP contribution in [-0.2, 0) is 24.9 Å². The van der Waals surface area contributed by atoms with E-state index in [0.717, 1.165) is 55.1 Å². The number of piperidine rings is 1. The fraction of sp³-hybridized carbons (Fsp3) is 0.458. The van der Waals surface area contributed by atoms with Crippen LogP contribution >= 0.6 is 0 Å². The maximum atomic E-state index is 13.2. The van der Waals surface area contributed by atoms with Crippen LogP contribution in [-0.4, -0.2) is 49.5 Å². The van der Waals surface area contributed by atoms with E-state index in [2.05, 4.69) is 26.5 Å². The molecule has 3 aromatic rings. The molecule has 3 heterocycles. The number of aromatic nitrogens is 4. The van der Waals surface area contributed by atoms with E-state index in [0.29, 0.717) is 6.54 Å². The van der Waals surface area contributed by atoms with Gasteiger partial charge < -0.3 is 5.32 Å². The quantitative estimate of drug-likeness (QED) is 0.615. The van der Waals surface area contributed by atoms with Crippen LogP contribution < -0.4 is 5.32 Å². The number of hydrogen-bond donors (Lipinski definition) is 1. The zero-order valence-corrected chi connectivity index (χ0v) is 19.0. The molecule has 2 aromatic heterocycles. The average molecular weight is 439 g/mol. The summed E-state index contributed by atoms with van der Waals surface area (Å²) in [6.45, 7) is 7.14. The van der Waals surface area contributed by atoms with Crippen molar-refractivity contribution < 1.29 is 9.18 Å². The van der Waals surface area contributed by atoms with Crippen LogP contribution in [0.3, 0.4) is 0 Å². The Morgan fingerprint density at radius 3 is 2.56 bits per heavy atom. The van der Waals surface area contributed by atoms with E-state index in [4.69, 9.17) is 0 Å². The molecule has 0 aliphatic carbocycles. The van der Waals surface area contributed by atoms with Crippen molar-refractivity contribution in [2.75, 3.05) is 13.1 Å². The third-order valence-electron chi connectivity index (χ3n) is 6.12. The number of amides is 1. The molecule has 0 saturated carbocycles. The van der Waals surface area contributed by atoms with Crippen LogP contribution in [0.2, 0.25) is 0 Å². The van der Waals surface area contributed by atoms with E-state index < -0.39 is 0 Å². The highest BCUT2D eigenvalue weighted by molar-refractivity contribution is 5.78. The first-order chi connectivity index (χ1) is 15.4. The van der Waals surface area contributed by atoms with Gasteiger partial charge in [0.1, 0.15) is 5.82 Å². The van der Waals surface area contributed by atoms with Gasteiger partial charge in [-0.3, -0.25) is 19.1 Å². The molecule has 170 valence electrons. The van der Waals surface area contributed by atoms with E-state index >= 15 is 0 Å². The fourth-order valence-electron chi connectivity index (χ4n) is 4.15. The Labute approximate surface area is 188 Å². The number of benzene rings is 1. The lowest BCUT2D eigenvalue weighted by Gasteiger charge is -2.32. The first kappa shape index (κ1) is 22.2. The number of rotatable bonds is 7. The summed E-state index contributed by atoms with van der Waals surface area (Å²) in [7, 11) is 1.94. The lowest BCUT2D eigenvalue weighted by molar-refractivity contribution is -0.126. The topological polar surface area (TPSA) is 68.0 Å². The van der Waals surface area contributed by atoms with Crippen LogP contribution in [0, 0.1) is 18.7 Å². The van der Waals surface area contributed by atoms with E-state index in [-0.39, 0.29) is 23.7 Å². The molecule has 8 heteroatoms. The zero-order valence-electron chi connectivity index (χ0n) is 19.0. The van der Waals surface area contributed by atoms with Crippen LogP contribution in [0.15, 0.2) is 42.6 Å². The molecular weight excluding hydrogens is 407 g/mol. The SMILES string of the molecule is Cc1ccn(C[C@H](C)C(=O)NC2CCN(Cc3cc(-c4ccc(F)cc4)nn3C)CC2)n1. The number of hydrogen-bond acceptors (Lipinski definition) is 4. The molecular formula is C24H31FN6O. The van der Waals surface area contributed by atoms with E-state index in [1.165, 1.54) is 12.1 Å². The van der Waals surface area contributed by atoms with Gasteiger partial charge in [-0.05, 0) is 56.2 Å². The maximum Gasteiger partial charge on any atom is 0.224 e. The minimum absolute atomic E-state index is 0.0900. The van der Waals surface area contributed by atoms with Gasteiger partial charge in [0.25, 0.3) is 0 Å². The van der Waals surface area contributed by atoms with Gasteiger partial charge in [-0.15, -0.1) is 0 Å². The summed E-state index contributed by atoms with van der Waals surface area (Å²) in [6.07, 6.45) is 3.78. The van der Waals surface area contributed by atoms with Crippen LogP contribution in [0.1, 0.15) is 31.2 Å². The first-order valence-corrected chi connectivity index (χ1v) is 11.2. The summed E-state index contributed by atoms with van der Waals surface area (Å²) in [5.41, 5.74) is 3.85. The average Bonchev–Trinajstić information content (AvgIpc) is 3.35. The summed E-state index contributed by atoms with van der Waals surface area (Å²) in [4.78, 5) is 15.0. The van der Waals surface area contributed by atoms with Crippen molar-refractivity contribution in [3.8, 4) is 11.3 Å². The molecule has 7 nitrogen and oxygen atoms in total.